The highest BCUT2D eigenvalue weighted by molar-refractivity contribution is 5.79. The largest absolute Gasteiger partial charge is 0.352 e. The van der Waals surface area contributed by atoms with Crippen LogP contribution >= 0.6 is 0 Å². The number of aromatic nitrogens is 3. The molecule has 1 fully saturated rings. The first-order valence-corrected chi connectivity index (χ1v) is 8.16. The first-order chi connectivity index (χ1) is 11.3. The average molecular weight is 313 g/mol. The molecule has 1 aromatic carbocycles. The van der Waals surface area contributed by atoms with Crippen molar-refractivity contribution in [2.75, 3.05) is 19.6 Å². The van der Waals surface area contributed by atoms with Gasteiger partial charge >= 0.3 is 0 Å². The number of carbonyl (C=O) groups is 1. The third kappa shape index (κ3) is 3.76. The molecule has 0 spiro atoms. The van der Waals surface area contributed by atoms with Crippen molar-refractivity contribution >= 4 is 5.91 Å². The lowest BCUT2D eigenvalue weighted by atomic mass is 10.1. The molecule has 6 nitrogen and oxygen atoms in total. The molecule has 1 amide bonds. The number of benzene rings is 1. The molecule has 3 rings (SSSR count). The van der Waals surface area contributed by atoms with Crippen LogP contribution in [0, 0.1) is 0 Å². The van der Waals surface area contributed by atoms with E-state index in [0.29, 0.717) is 6.54 Å². The summed E-state index contributed by atoms with van der Waals surface area (Å²) in [7, 11) is 0. The maximum atomic E-state index is 12.4. The van der Waals surface area contributed by atoms with E-state index in [4.69, 9.17) is 0 Å². The highest BCUT2D eigenvalue weighted by Gasteiger charge is 2.25. The summed E-state index contributed by atoms with van der Waals surface area (Å²) in [6.07, 6.45) is 5.47. The Morgan fingerprint density at radius 2 is 2.00 bits per heavy atom. The molecule has 122 valence electrons. The van der Waals surface area contributed by atoms with Crippen molar-refractivity contribution in [1.29, 1.82) is 0 Å². The van der Waals surface area contributed by atoms with Gasteiger partial charge in [0.1, 0.15) is 18.7 Å². The molecule has 2 atom stereocenters. The number of carbonyl (C=O) groups excluding carboxylic acids is 1. The normalized spacial score (nSPS) is 17.8. The second kappa shape index (κ2) is 7.37. The summed E-state index contributed by atoms with van der Waals surface area (Å²) in [5.74, 6) is -0.0318. The quantitative estimate of drug-likeness (QED) is 0.883. The zero-order valence-corrected chi connectivity index (χ0v) is 13.4. The Kier molecular flexibility index (Phi) is 5.02. The van der Waals surface area contributed by atoms with Gasteiger partial charge in [0.15, 0.2) is 0 Å². The number of amides is 1. The second-order valence-electron chi connectivity index (χ2n) is 5.97. The van der Waals surface area contributed by atoms with Crippen LogP contribution in [-0.4, -0.2) is 45.2 Å². The minimum absolute atomic E-state index is 0.0318. The van der Waals surface area contributed by atoms with Gasteiger partial charge < -0.3 is 5.32 Å². The van der Waals surface area contributed by atoms with E-state index >= 15 is 0 Å². The zero-order chi connectivity index (χ0) is 16.1. The van der Waals surface area contributed by atoms with Crippen molar-refractivity contribution in [3.63, 3.8) is 0 Å². The SMILES string of the molecule is C[C@H](C(=O)NC[C@H](c1ccccc1)N1CCCC1)n1cncn1. The van der Waals surface area contributed by atoms with Crippen molar-refractivity contribution in [3.05, 3.63) is 48.5 Å². The summed E-state index contributed by atoms with van der Waals surface area (Å²) in [6, 6.07) is 10.3. The molecule has 0 radical (unpaired) electrons. The number of hydrogen-bond acceptors (Lipinski definition) is 4. The topological polar surface area (TPSA) is 63.1 Å². The molecule has 0 bridgehead atoms. The van der Waals surface area contributed by atoms with Crippen molar-refractivity contribution < 1.29 is 4.79 Å². The van der Waals surface area contributed by atoms with E-state index < -0.39 is 0 Å². The Labute approximate surface area is 136 Å². The molecule has 2 heterocycles. The van der Waals surface area contributed by atoms with Gasteiger partial charge in [0.2, 0.25) is 5.91 Å². The van der Waals surface area contributed by atoms with Gasteiger partial charge in [-0.05, 0) is 38.4 Å². The Bertz CT molecular complexity index is 607. The first kappa shape index (κ1) is 15.7. The standard InChI is InChI=1S/C17H23N5O/c1-14(22-13-18-12-20-22)17(23)19-11-16(21-9-5-6-10-21)15-7-3-2-4-8-15/h2-4,7-8,12-14,16H,5-6,9-11H2,1H3,(H,19,23)/t14-,16-/m1/s1. The van der Waals surface area contributed by atoms with Crippen molar-refractivity contribution in [2.24, 2.45) is 0 Å². The molecule has 1 saturated heterocycles. The fourth-order valence-corrected chi connectivity index (χ4v) is 3.07. The van der Waals surface area contributed by atoms with E-state index in [1.54, 1.807) is 11.0 Å². The smallest absolute Gasteiger partial charge is 0.244 e. The van der Waals surface area contributed by atoms with Gasteiger partial charge in [-0.3, -0.25) is 9.69 Å². The van der Waals surface area contributed by atoms with E-state index in [1.807, 2.05) is 13.0 Å². The van der Waals surface area contributed by atoms with Gasteiger partial charge in [-0.2, -0.15) is 5.10 Å². The molecule has 0 unspecified atom stereocenters. The fourth-order valence-electron chi connectivity index (χ4n) is 3.07. The van der Waals surface area contributed by atoms with E-state index in [2.05, 4.69) is 44.6 Å². The minimum atomic E-state index is -0.354. The molecule has 0 saturated carbocycles. The van der Waals surface area contributed by atoms with Crippen molar-refractivity contribution in [2.45, 2.75) is 31.8 Å². The molecule has 6 heteroatoms. The lowest BCUT2D eigenvalue weighted by molar-refractivity contribution is -0.124. The van der Waals surface area contributed by atoms with Crippen LogP contribution in [-0.2, 0) is 4.79 Å². The summed E-state index contributed by atoms with van der Waals surface area (Å²) in [5.41, 5.74) is 1.25. The minimum Gasteiger partial charge on any atom is -0.352 e. The summed E-state index contributed by atoms with van der Waals surface area (Å²) in [5, 5.41) is 7.11. The Morgan fingerprint density at radius 1 is 1.26 bits per heavy atom. The number of nitrogens with zero attached hydrogens (tertiary/aromatic N) is 4. The summed E-state index contributed by atoms with van der Waals surface area (Å²) < 4.78 is 1.57. The van der Waals surface area contributed by atoms with Crippen LogP contribution in [0.4, 0.5) is 0 Å². The molecule has 1 aliphatic rings. The Balaban J connectivity index is 1.65. The Hall–Kier alpha value is -2.21. The van der Waals surface area contributed by atoms with E-state index in [-0.39, 0.29) is 18.0 Å². The lowest BCUT2D eigenvalue weighted by Gasteiger charge is -2.28. The van der Waals surface area contributed by atoms with Gasteiger partial charge in [-0.25, -0.2) is 9.67 Å². The first-order valence-electron chi connectivity index (χ1n) is 8.16. The molecule has 1 aromatic heterocycles. The second-order valence-corrected chi connectivity index (χ2v) is 5.97. The van der Waals surface area contributed by atoms with Crippen LogP contribution < -0.4 is 5.32 Å². The summed E-state index contributed by atoms with van der Waals surface area (Å²) >= 11 is 0. The number of nitrogens with one attached hydrogen (secondary N) is 1. The lowest BCUT2D eigenvalue weighted by Crippen LogP contribution is -2.39. The van der Waals surface area contributed by atoms with Crippen LogP contribution in [0.15, 0.2) is 43.0 Å². The van der Waals surface area contributed by atoms with Gasteiger partial charge in [0, 0.05) is 6.54 Å². The van der Waals surface area contributed by atoms with Crippen molar-refractivity contribution in [3.8, 4) is 0 Å². The maximum absolute atomic E-state index is 12.4. The number of hydrogen-bond donors (Lipinski definition) is 1. The third-order valence-electron chi connectivity index (χ3n) is 4.45. The third-order valence-corrected chi connectivity index (χ3v) is 4.45. The average Bonchev–Trinajstić information content (AvgIpc) is 3.29. The van der Waals surface area contributed by atoms with Gasteiger partial charge in [-0.1, -0.05) is 30.3 Å². The van der Waals surface area contributed by atoms with Crippen molar-refractivity contribution in [1.82, 2.24) is 25.0 Å². The van der Waals surface area contributed by atoms with Gasteiger partial charge in [0.05, 0.1) is 6.04 Å². The predicted molar refractivity (Wildman–Crippen MR) is 87.7 cm³/mol. The molecule has 0 aliphatic carbocycles. The molecule has 1 N–H and O–H groups in total. The predicted octanol–water partition coefficient (Wildman–Crippen LogP) is 1.79. The van der Waals surface area contributed by atoms with E-state index in [1.165, 1.54) is 24.7 Å². The maximum Gasteiger partial charge on any atom is 0.244 e. The van der Waals surface area contributed by atoms with E-state index in [9.17, 15) is 4.79 Å². The molecular weight excluding hydrogens is 290 g/mol. The van der Waals surface area contributed by atoms with Gasteiger partial charge in [0.25, 0.3) is 0 Å². The van der Waals surface area contributed by atoms with Crippen LogP contribution in [0.1, 0.15) is 37.4 Å². The molecular formula is C17H23N5O. The van der Waals surface area contributed by atoms with Gasteiger partial charge in [-0.15, -0.1) is 0 Å². The molecule has 2 aromatic rings. The fraction of sp³-hybridized carbons (Fsp3) is 0.471. The van der Waals surface area contributed by atoms with Crippen LogP contribution in [0.25, 0.3) is 0 Å². The summed E-state index contributed by atoms with van der Waals surface area (Å²) in [6.45, 7) is 4.63. The van der Waals surface area contributed by atoms with Crippen LogP contribution in [0.5, 0.6) is 0 Å². The number of likely N-dealkylation sites (tertiary alicyclic amines) is 1. The monoisotopic (exact) mass is 313 g/mol. The van der Waals surface area contributed by atoms with Crippen LogP contribution in [0.2, 0.25) is 0 Å². The molecule has 1 aliphatic heterocycles. The zero-order valence-electron chi connectivity index (χ0n) is 13.4. The van der Waals surface area contributed by atoms with E-state index in [0.717, 1.165) is 13.1 Å². The highest BCUT2D eigenvalue weighted by atomic mass is 16.2. The highest BCUT2D eigenvalue weighted by Crippen LogP contribution is 2.24. The molecule has 23 heavy (non-hydrogen) atoms. The summed E-state index contributed by atoms with van der Waals surface area (Å²) in [4.78, 5) is 18.7. The number of rotatable bonds is 6. The Morgan fingerprint density at radius 3 is 2.65 bits per heavy atom. The van der Waals surface area contributed by atoms with Crippen LogP contribution in [0.3, 0.4) is 0 Å².